The van der Waals surface area contributed by atoms with Gasteiger partial charge in [-0.1, -0.05) is 0 Å². The monoisotopic (exact) mass is 267 g/mol. The molecule has 0 radical (unpaired) electrons. The Hall–Kier alpha value is -2.56. The molecule has 0 bridgehead atoms. The van der Waals surface area contributed by atoms with E-state index in [4.69, 9.17) is 14.4 Å². The molecule has 0 atom stereocenters. The van der Waals surface area contributed by atoms with E-state index in [1.54, 1.807) is 13.0 Å². The number of anilines is 1. The summed E-state index contributed by atoms with van der Waals surface area (Å²) < 4.78 is 14.3. The van der Waals surface area contributed by atoms with Crippen LogP contribution in [0, 0.1) is 11.3 Å². The Morgan fingerprint density at radius 1 is 1.47 bits per heavy atom. The van der Waals surface area contributed by atoms with Crippen LogP contribution in [0.5, 0.6) is 0 Å². The number of nitrogens with zero attached hydrogens (tertiary/aromatic N) is 2. The van der Waals surface area contributed by atoms with Crippen LogP contribution in [-0.4, -0.2) is 37.2 Å². The van der Waals surface area contributed by atoms with Gasteiger partial charge in [0.05, 0.1) is 13.7 Å². The summed E-state index contributed by atoms with van der Waals surface area (Å²) in [5, 5.41) is 11.4. The number of ether oxygens (including phenoxy) is 2. The van der Waals surface area contributed by atoms with E-state index >= 15 is 0 Å². The maximum atomic E-state index is 11.1. The van der Waals surface area contributed by atoms with Gasteiger partial charge in [-0.05, 0) is 6.92 Å². The molecule has 0 amide bonds. The molecule has 1 heterocycles. The highest BCUT2D eigenvalue weighted by Crippen LogP contribution is 2.16. The fourth-order valence-electron chi connectivity index (χ4n) is 1.20. The quantitative estimate of drug-likeness (QED) is 0.729. The minimum absolute atomic E-state index is 0.0226. The molecule has 0 unspecified atom stereocenters. The van der Waals surface area contributed by atoms with Crippen LogP contribution in [0.1, 0.15) is 18.5 Å². The Balaban J connectivity index is 2.70. The molecule has 1 aromatic rings. The van der Waals surface area contributed by atoms with Gasteiger partial charge in [0.15, 0.2) is 0 Å². The number of aromatic nitrogens is 1. The number of nitrogens with one attached hydrogen (secondary N) is 1. The van der Waals surface area contributed by atoms with E-state index in [9.17, 15) is 9.59 Å². The van der Waals surface area contributed by atoms with Crippen LogP contribution in [-0.2, 0) is 25.5 Å². The molecule has 0 saturated carbocycles. The van der Waals surface area contributed by atoms with Gasteiger partial charge < -0.3 is 19.2 Å². The zero-order valence-electron chi connectivity index (χ0n) is 10.6. The summed E-state index contributed by atoms with van der Waals surface area (Å²) in [7, 11) is 1.23. The molecule has 102 valence electrons. The van der Waals surface area contributed by atoms with Crippen molar-refractivity contribution in [2.24, 2.45) is 0 Å². The molecule has 0 spiro atoms. The molecule has 19 heavy (non-hydrogen) atoms. The first-order valence-electron chi connectivity index (χ1n) is 5.46. The molecule has 0 fully saturated rings. The van der Waals surface area contributed by atoms with Crippen LogP contribution in [0.4, 0.5) is 5.88 Å². The van der Waals surface area contributed by atoms with Crippen molar-refractivity contribution in [3.05, 3.63) is 11.6 Å². The van der Waals surface area contributed by atoms with Crippen molar-refractivity contribution in [2.75, 3.05) is 25.6 Å². The van der Waals surface area contributed by atoms with Gasteiger partial charge in [-0.3, -0.25) is 9.59 Å². The molecule has 0 aliphatic rings. The first kappa shape index (κ1) is 14.5. The molecule has 0 saturated heterocycles. The van der Waals surface area contributed by atoms with Gasteiger partial charge in [0.2, 0.25) is 17.5 Å². The predicted octanol–water partition coefficient (Wildman–Crippen LogP) is 0.237. The van der Waals surface area contributed by atoms with Crippen LogP contribution < -0.4 is 5.32 Å². The van der Waals surface area contributed by atoms with Crippen LogP contribution in [0.3, 0.4) is 0 Å². The van der Waals surface area contributed by atoms with Gasteiger partial charge in [-0.25, -0.2) is 0 Å². The lowest BCUT2D eigenvalue weighted by molar-refractivity contribution is -0.141. The first-order valence-corrected chi connectivity index (χ1v) is 5.46. The predicted molar refractivity (Wildman–Crippen MR) is 62.1 cm³/mol. The lowest BCUT2D eigenvalue weighted by Crippen LogP contribution is -2.16. The van der Waals surface area contributed by atoms with Crippen molar-refractivity contribution in [2.45, 2.75) is 13.3 Å². The van der Waals surface area contributed by atoms with E-state index < -0.39 is 11.9 Å². The highest BCUT2D eigenvalue weighted by atomic mass is 16.5. The van der Waals surface area contributed by atoms with Gasteiger partial charge in [-0.2, -0.15) is 10.2 Å². The second kappa shape index (κ2) is 7.00. The van der Waals surface area contributed by atoms with Gasteiger partial charge in [0.1, 0.15) is 19.0 Å². The third kappa shape index (κ3) is 4.31. The van der Waals surface area contributed by atoms with E-state index in [2.05, 4.69) is 15.0 Å². The smallest absolute Gasteiger partial charge is 0.325 e. The standard InChI is InChI=1S/C11H13N3O5/c1-3-18-10(16)6-13-11-7(5-12)14-8(19-11)4-9(15)17-2/h13H,3-4,6H2,1-2H3. The minimum atomic E-state index is -0.539. The van der Waals surface area contributed by atoms with Crippen molar-refractivity contribution in [1.82, 2.24) is 4.98 Å². The van der Waals surface area contributed by atoms with E-state index in [1.165, 1.54) is 7.11 Å². The number of hydrogen-bond acceptors (Lipinski definition) is 8. The Morgan fingerprint density at radius 3 is 2.79 bits per heavy atom. The Bertz CT molecular complexity index is 503. The summed E-state index contributed by atoms with van der Waals surface area (Å²) in [6, 6.07) is 1.79. The summed E-state index contributed by atoms with van der Waals surface area (Å²) in [5.41, 5.74) is -0.0387. The van der Waals surface area contributed by atoms with Gasteiger partial charge in [0, 0.05) is 0 Å². The van der Waals surface area contributed by atoms with Crippen molar-refractivity contribution < 1.29 is 23.5 Å². The lowest BCUT2D eigenvalue weighted by Gasteiger charge is -2.02. The summed E-state index contributed by atoms with van der Waals surface area (Å²) in [6.07, 6.45) is -0.188. The lowest BCUT2D eigenvalue weighted by atomic mass is 10.4. The largest absolute Gasteiger partial charge is 0.469 e. The van der Waals surface area contributed by atoms with Gasteiger partial charge in [-0.15, -0.1) is 0 Å². The Labute approximate surface area is 109 Å². The zero-order chi connectivity index (χ0) is 14.3. The zero-order valence-corrected chi connectivity index (χ0v) is 10.6. The fourth-order valence-corrected chi connectivity index (χ4v) is 1.20. The van der Waals surface area contributed by atoms with Crippen LogP contribution in [0.25, 0.3) is 0 Å². The van der Waals surface area contributed by atoms with Crippen LogP contribution in [0.15, 0.2) is 4.42 Å². The second-order valence-corrected chi connectivity index (χ2v) is 3.31. The molecule has 0 aliphatic heterocycles. The maximum absolute atomic E-state index is 11.1. The molecule has 0 aromatic carbocycles. The molecule has 8 nitrogen and oxygen atoms in total. The number of nitriles is 1. The van der Waals surface area contributed by atoms with E-state index in [-0.39, 0.29) is 37.0 Å². The van der Waals surface area contributed by atoms with Crippen molar-refractivity contribution in [1.29, 1.82) is 5.26 Å². The van der Waals surface area contributed by atoms with Crippen LogP contribution >= 0.6 is 0 Å². The van der Waals surface area contributed by atoms with E-state index in [1.807, 2.05) is 0 Å². The normalized spacial score (nSPS) is 9.53. The number of oxazole rings is 1. The second-order valence-electron chi connectivity index (χ2n) is 3.31. The number of carbonyl (C=O) groups is 2. The Morgan fingerprint density at radius 2 is 2.21 bits per heavy atom. The van der Waals surface area contributed by atoms with E-state index in [0.29, 0.717) is 0 Å². The number of esters is 2. The summed E-state index contributed by atoms with van der Waals surface area (Å²) >= 11 is 0. The number of hydrogen-bond donors (Lipinski definition) is 1. The molecule has 0 aliphatic carbocycles. The van der Waals surface area contributed by atoms with Crippen molar-refractivity contribution in [3.63, 3.8) is 0 Å². The third-order valence-corrected chi connectivity index (χ3v) is 2.00. The molecular formula is C11H13N3O5. The summed E-state index contributed by atoms with van der Waals surface area (Å²) in [4.78, 5) is 26.0. The highest BCUT2D eigenvalue weighted by molar-refractivity contribution is 5.75. The van der Waals surface area contributed by atoms with Gasteiger partial charge >= 0.3 is 11.9 Å². The molecular weight excluding hydrogens is 254 g/mol. The van der Waals surface area contributed by atoms with Crippen LogP contribution in [0.2, 0.25) is 0 Å². The molecule has 8 heteroatoms. The van der Waals surface area contributed by atoms with Crippen molar-refractivity contribution in [3.8, 4) is 6.07 Å². The SMILES string of the molecule is CCOC(=O)CNc1oc(CC(=O)OC)nc1C#N. The summed E-state index contributed by atoms with van der Waals surface area (Å²) in [5.74, 6) is -0.968. The molecule has 1 N–H and O–H groups in total. The maximum Gasteiger partial charge on any atom is 0.325 e. The average Bonchev–Trinajstić information content (AvgIpc) is 2.78. The molecule has 1 aromatic heterocycles. The number of carbonyl (C=O) groups excluding carboxylic acids is 2. The average molecular weight is 267 g/mol. The van der Waals surface area contributed by atoms with Crippen molar-refractivity contribution >= 4 is 17.8 Å². The summed E-state index contributed by atoms with van der Waals surface area (Å²) in [6.45, 7) is 1.78. The fraction of sp³-hybridized carbons (Fsp3) is 0.455. The number of methoxy groups -OCH3 is 1. The number of rotatable bonds is 6. The molecule has 1 rings (SSSR count). The minimum Gasteiger partial charge on any atom is -0.469 e. The first-order chi connectivity index (χ1) is 9.10. The third-order valence-electron chi connectivity index (χ3n) is 2.00. The van der Waals surface area contributed by atoms with E-state index in [0.717, 1.165) is 0 Å². The topological polar surface area (TPSA) is 114 Å². The highest BCUT2D eigenvalue weighted by Gasteiger charge is 2.16. The Kier molecular flexibility index (Phi) is 5.35. The van der Waals surface area contributed by atoms with Gasteiger partial charge in [0.25, 0.3) is 0 Å².